The molecule has 0 aliphatic carbocycles. The Morgan fingerprint density at radius 2 is 1.13 bits per heavy atom. The summed E-state index contributed by atoms with van der Waals surface area (Å²) in [4.78, 5) is 11.6. The highest BCUT2D eigenvalue weighted by molar-refractivity contribution is 6.18. The number of hydrogen-bond acceptors (Lipinski definition) is 4. The lowest BCUT2D eigenvalue weighted by atomic mass is 10.00. The fourth-order valence-electron chi connectivity index (χ4n) is 3.71. The Bertz CT molecular complexity index is 384. The molecule has 0 aliphatic heterocycles. The van der Waals surface area contributed by atoms with Crippen LogP contribution in [0.1, 0.15) is 116 Å². The number of carbonyl (C=O) groups excluding carboxylic acids is 1. The first kappa shape index (κ1) is 29.6. The quantitative estimate of drug-likeness (QED) is 0.137. The van der Waals surface area contributed by atoms with Crippen molar-refractivity contribution >= 4 is 17.5 Å². The summed E-state index contributed by atoms with van der Waals surface area (Å²) in [5.74, 6) is -0.467. The zero-order valence-corrected chi connectivity index (χ0v) is 20.1. The number of amides is 1. The zero-order chi connectivity index (χ0) is 22.5. The summed E-state index contributed by atoms with van der Waals surface area (Å²) in [5.41, 5.74) is 0. The third-order valence-corrected chi connectivity index (χ3v) is 5.92. The minimum atomic E-state index is -1.62. The molecule has 3 atom stereocenters. The second-order valence-electron chi connectivity index (χ2n) is 8.57. The molecule has 1 amide bonds. The molecule has 0 spiro atoms. The molecule has 0 aromatic rings. The van der Waals surface area contributed by atoms with Crippen molar-refractivity contribution in [3.8, 4) is 0 Å². The Morgan fingerprint density at radius 3 is 1.53 bits per heavy atom. The van der Waals surface area contributed by atoms with E-state index in [2.05, 4.69) is 12.2 Å². The standard InChI is InChI=1S/C24H48ClNO4/c1-2-3-4-5-6-7-8-9-10-11-12-13-14-15-16-17-18-21(27)22(28)23(29)24(30)26-20-19-25/h21-23,27-29H,2-20H2,1H3,(H,26,30). The van der Waals surface area contributed by atoms with Crippen molar-refractivity contribution in [3.63, 3.8) is 0 Å². The van der Waals surface area contributed by atoms with Crippen LogP contribution >= 0.6 is 11.6 Å². The van der Waals surface area contributed by atoms with Gasteiger partial charge in [-0.25, -0.2) is 0 Å². The Kier molecular flexibility index (Phi) is 21.6. The van der Waals surface area contributed by atoms with E-state index in [0.717, 1.165) is 19.3 Å². The second-order valence-corrected chi connectivity index (χ2v) is 8.95. The molecule has 0 radical (unpaired) electrons. The molecule has 0 fully saturated rings. The maximum Gasteiger partial charge on any atom is 0.251 e. The predicted octanol–water partition coefficient (Wildman–Crippen LogP) is 5.08. The molecule has 0 bridgehead atoms. The van der Waals surface area contributed by atoms with Crippen LogP contribution < -0.4 is 5.32 Å². The van der Waals surface area contributed by atoms with E-state index < -0.39 is 24.2 Å². The number of halogens is 1. The van der Waals surface area contributed by atoms with Gasteiger partial charge in [0.1, 0.15) is 6.10 Å². The van der Waals surface area contributed by atoms with Crippen LogP contribution in [0.15, 0.2) is 0 Å². The van der Waals surface area contributed by atoms with E-state index in [9.17, 15) is 20.1 Å². The molecule has 0 aliphatic rings. The lowest BCUT2D eigenvalue weighted by Crippen LogP contribution is -2.47. The molecule has 180 valence electrons. The number of aliphatic hydroxyl groups is 3. The van der Waals surface area contributed by atoms with Crippen molar-refractivity contribution in [2.75, 3.05) is 12.4 Å². The Labute approximate surface area is 190 Å². The third-order valence-electron chi connectivity index (χ3n) is 5.73. The summed E-state index contributed by atoms with van der Waals surface area (Å²) >= 11 is 5.47. The van der Waals surface area contributed by atoms with Gasteiger partial charge in [-0.15, -0.1) is 11.6 Å². The number of alkyl halides is 1. The van der Waals surface area contributed by atoms with Gasteiger partial charge in [0.2, 0.25) is 0 Å². The average molecular weight is 450 g/mol. The molecule has 0 aromatic heterocycles. The van der Waals surface area contributed by atoms with Crippen LogP contribution in [0.25, 0.3) is 0 Å². The van der Waals surface area contributed by atoms with Crippen LogP contribution in [0.5, 0.6) is 0 Å². The van der Waals surface area contributed by atoms with Crippen LogP contribution in [-0.2, 0) is 4.79 Å². The lowest BCUT2D eigenvalue weighted by molar-refractivity contribution is -0.140. The van der Waals surface area contributed by atoms with Gasteiger partial charge in [0.05, 0.1) is 6.10 Å². The fraction of sp³-hybridized carbons (Fsp3) is 0.958. The molecule has 4 N–H and O–H groups in total. The third kappa shape index (κ3) is 17.3. The molecule has 30 heavy (non-hydrogen) atoms. The summed E-state index contributed by atoms with van der Waals surface area (Å²) in [6.07, 6.45) is 16.7. The summed E-state index contributed by atoms with van der Waals surface area (Å²) in [6.45, 7) is 2.48. The molecule has 0 saturated heterocycles. The molecule has 0 aromatic carbocycles. The average Bonchev–Trinajstić information content (AvgIpc) is 2.75. The van der Waals surface area contributed by atoms with E-state index in [1.807, 2.05) is 0 Å². The molecule has 5 nitrogen and oxygen atoms in total. The fourth-order valence-corrected chi connectivity index (χ4v) is 3.81. The number of carbonyl (C=O) groups is 1. The van der Waals surface area contributed by atoms with Gasteiger partial charge in [-0.05, 0) is 6.42 Å². The highest BCUT2D eigenvalue weighted by Crippen LogP contribution is 2.15. The first-order chi connectivity index (χ1) is 14.5. The summed E-state index contributed by atoms with van der Waals surface area (Å²) in [7, 11) is 0. The molecular formula is C24H48ClNO4. The van der Waals surface area contributed by atoms with E-state index in [1.165, 1.54) is 83.5 Å². The molecule has 3 unspecified atom stereocenters. The first-order valence-electron chi connectivity index (χ1n) is 12.4. The summed E-state index contributed by atoms with van der Waals surface area (Å²) < 4.78 is 0. The van der Waals surface area contributed by atoms with E-state index in [-0.39, 0.29) is 12.4 Å². The first-order valence-corrected chi connectivity index (χ1v) is 13.0. The monoisotopic (exact) mass is 449 g/mol. The molecule has 6 heteroatoms. The minimum Gasteiger partial charge on any atom is -0.390 e. The van der Waals surface area contributed by atoms with Gasteiger partial charge in [-0.2, -0.15) is 0 Å². The van der Waals surface area contributed by atoms with Crippen molar-refractivity contribution in [2.45, 2.75) is 134 Å². The van der Waals surface area contributed by atoms with Crippen molar-refractivity contribution in [1.29, 1.82) is 0 Å². The number of nitrogens with one attached hydrogen (secondary N) is 1. The van der Waals surface area contributed by atoms with Crippen molar-refractivity contribution in [1.82, 2.24) is 5.32 Å². The Morgan fingerprint density at radius 1 is 0.733 bits per heavy atom. The smallest absolute Gasteiger partial charge is 0.251 e. The van der Waals surface area contributed by atoms with Gasteiger partial charge in [-0.3, -0.25) is 4.79 Å². The van der Waals surface area contributed by atoms with E-state index in [1.54, 1.807) is 0 Å². The minimum absolute atomic E-state index is 0.222. The predicted molar refractivity (Wildman–Crippen MR) is 126 cm³/mol. The van der Waals surface area contributed by atoms with Crippen LogP contribution in [0.3, 0.4) is 0 Å². The number of aliphatic hydroxyl groups excluding tert-OH is 3. The van der Waals surface area contributed by atoms with E-state index in [4.69, 9.17) is 11.6 Å². The maximum atomic E-state index is 11.6. The van der Waals surface area contributed by atoms with Gasteiger partial charge >= 0.3 is 0 Å². The summed E-state index contributed by atoms with van der Waals surface area (Å²) in [5, 5.41) is 32.0. The number of hydrogen-bond donors (Lipinski definition) is 4. The van der Waals surface area contributed by atoms with Gasteiger partial charge in [0.25, 0.3) is 5.91 Å². The topological polar surface area (TPSA) is 89.8 Å². The van der Waals surface area contributed by atoms with Crippen LogP contribution in [0.2, 0.25) is 0 Å². The van der Waals surface area contributed by atoms with Gasteiger partial charge in [0, 0.05) is 12.4 Å². The second kappa shape index (κ2) is 21.9. The highest BCUT2D eigenvalue weighted by atomic mass is 35.5. The Balaban J connectivity index is 3.43. The normalized spacial score (nSPS) is 14.4. The lowest BCUT2D eigenvalue weighted by Gasteiger charge is -2.22. The molecular weight excluding hydrogens is 402 g/mol. The van der Waals surface area contributed by atoms with Gasteiger partial charge in [0.15, 0.2) is 6.10 Å². The van der Waals surface area contributed by atoms with Crippen molar-refractivity contribution < 1.29 is 20.1 Å². The van der Waals surface area contributed by atoms with E-state index in [0.29, 0.717) is 6.42 Å². The van der Waals surface area contributed by atoms with Crippen LogP contribution in [-0.4, -0.2) is 52.0 Å². The highest BCUT2D eigenvalue weighted by Gasteiger charge is 2.29. The maximum absolute atomic E-state index is 11.6. The molecule has 0 heterocycles. The van der Waals surface area contributed by atoms with Gasteiger partial charge < -0.3 is 20.6 Å². The van der Waals surface area contributed by atoms with Crippen molar-refractivity contribution in [2.24, 2.45) is 0 Å². The SMILES string of the molecule is CCCCCCCCCCCCCCCCCCC(O)C(O)C(O)C(=O)NCCCl. The summed E-state index contributed by atoms with van der Waals surface area (Å²) in [6, 6.07) is 0. The zero-order valence-electron chi connectivity index (χ0n) is 19.3. The largest absolute Gasteiger partial charge is 0.390 e. The molecule has 0 rings (SSSR count). The van der Waals surface area contributed by atoms with Crippen LogP contribution in [0.4, 0.5) is 0 Å². The van der Waals surface area contributed by atoms with E-state index >= 15 is 0 Å². The Hall–Kier alpha value is -0.360. The number of unbranched alkanes of at least 4 members (excludes halogenated alkanes) is 15. The van der Waals surface area contributed by atoms with Crippen LogP contribution in [0, 0.1) is 0 Å². The number of rotatable bonds is 22. The van der Waals surface area contributed by atoms with Crippen molar-refractivity contribution in [3.05, 3.63) is 0 Å². The molecule has 0 saturated carbocycles. The van der Waals surface area contributed by atoms with Gasteiger partial charge in [-0.1, -0.05) is 110 Å².